The molecule has 560 valence electrons. The van der Waals surface area contributed by atoms with Gasteiger partial charge in [-0.15, -0.1) is 0 Å². The van der Waals surface area contributed by atoms with Crippen LogP contribution in [0.4, 0.5) is 0 Å². The second kappa shape index (κ2) is 70.6. The summed E-state index contributed by atoms with van der Waals surface area (Å²) in [4.78, 5) is 72.7. The van der Waals surface area contributed by atoms with Crippen LogP contribution in [0.1, 0.15) is 285 Å². The number of rotatable bonds is 69. The van der Waals surface area contributed by atoms with E-state index in [1.807, 2.05) is 18.2 Å². The highest BCUT2D eigenvalue weighted by Crippen LogP contribution is 2.45. The summed E-state index contributed by atoms with van der Waals surface area (Å²) in [5.74, 6) is -2.31. The maximum absolute atomic E-state index is 13.1. The third-order valence-corrected chi connectivity index (χ3v) is 17.0. The van der Waals surface area contributed by atoms with Gasteiger partial charge >= 0.3 is 39.5 Å². The van der Waals surface area contributed by atoms with Crippen LogP contribution < -0.4 is 0 Å². The van der Waals surface area contributed by atoms with E-state index in [1.54, 1.807) is 0 Å². The average molecular weight is 1420 g/mol. The summed E-state index contributed by atoms with van der Waals surface area (Å²) in [7, 11) is -9.98. The number of carbonyl (C=O) groups excluding carboxylic acids is 4. The van der Waals surface area contributed by atoms with Gasteiger partial charge in [0, 0.05) is 25.7 Å². The Labute approximate surface area is 593 Å². The number of hydrogen-bond donors (Lipinski definition) is 3. The van der Waals surface area contributed by atoms with E-state index in [1.165, 1.54) is 38.5 Å². The van der Waals surface area contributed by atoms with E-state index in [9.17, 15) is 43.2 Å². The molecule has 0 aromatic heterocycles. The maximum atomic E-state index is 13.1. The number of phosphoric ester groups is 2. The number of allylic oxidation sites excluding steroid dienone is 22. The van der Waals surface area contributed by atoms with Gasteiger partial charge in [-0.3, -0.25) is 37.3 Å². The molecule has 0 saturated heterocycles. The zero-order valence-electron chi connectivity index (χ0n) is 60.9. The molecule has 0 aromatic rings. The molecule has 0 amide bonds. The number of ether oxygens (including phenoxy) is 4. The summed E-state index contributed by atoms with van der Waals surface area (Å²) < 4.78 is 68.3. The van der Waals surface area contributed by atoms with E-state index in [-0.39, 0.29) is 25.7 Å². The maximum Gasteiger partial charge on any atom is 0.472 e. The van der Waals surface area contributed by atoms with Crippen molar-refractivity contribution in [3.63, 3.8) is 0 Å². The van der Waals surface area contributed by atoms with Crippen molar-refractivity contribution < 1.29 is 80.2 Å². The molecule has 17 nitrogen and oxygen atoms in total. The van der Waals surface area contributed by atoms with Crippen molar-refractivity contribution in [3.05, 3.63) is 134 Å². The Morgan fingerprint density at radius 1 is 0.296 bits per heavy atom. The number of aliphatic hydroxyl groups excluding tert-OH is 1. The van der Waals surface area contributed by atoms with Crippen LogP contribution in [0.25, 0.3) is 0 Å². The molecular formula is C79H132O17P2. The summed E-state index contributed by atoms with van der Waals surface area (Å²) in [5, 5.41) is 10.6. The fraction of sp³-hybridized carbons (Fsp3) is 0.671. The van der Waals surface area contributed by atoms with Crippen LogP contribution >= 0.6 is 15.6 Å². The highest BCUT2D eigenvalue weighted by molar-refractivity contribution is 7.47. The number of esters is 4. The first kappa shape index (κ1) is 93.2. The second-order valence-electron chi connectivity index (χ2n) is 24.5. The van der Waals surface area contributed by atoms with Gasteiger partial charge in [0.2, 0.25) is 0 Å². The Balaban J connectivity index is 5.42. The molecule has 5 unspecified atom stereocenters. The van der Waals surface area contributed by atoms with Crippen LogP contribution in [0.2, 0.25) is 0 Å². The monoisotopic (exact) mass is 1410 g/mol. The number of carbonyl (C=O) groups is 4. The van der Waals surface area contributed by atoms with Gasteiger partial charge in [-0.2, -0.15) is 0 Å². The first-order valence-corrected chi connectivity index (χ1v) is 40.4. The minimum Gasteiger partial charge on any atom is -0.462 e. The number of hydrogen-bond acceptors (Lipinski definition) is 15. The van der Waals surface area contributed by atoms with Crippen LogP contribution in [-0.4, -0.2) is 96.7 Å². The largest absolute Gasteiger partial charge is 0.472 e. The van der Waals surface area contributed by atoms with Crippen LogP contribution in [0.5, 0.6) is 0 Å². The Morgan fingerprint density at radius 3 is 0.918 bits per heavy atom. The number of unbranched alkanes of at least 4 members (excludes halogenated alkanes) is 21. The summed E-state index contributed by atoms with van der Waals surface area (Å²) in [5.41, 5.74) is 0. The van der Waals surface area contributed by atoms with E-state index >= 15 is 0 Å². The van der Waals surface area contributed by atoms with E-state index < -0.39 is 97.5 Å². The fourth-order valence-corrected chi connectivity index (χ4v) is 11.1. The lowest BCUT2D eigenvalue weighted by Gasteiger charge is -2.21. The molecule has 0 bridgehead atoms. The molecule has 0 aromatic carbocycles. The van der Waals surface area contributed by atoms with Gasteiger partial charge in [-0.05, 0) is 122 Å². The van der Waals surface area contributed by atoms with Crippen molar-refractivity contribution in [1.29, 1.82) is 0 Å². The predicted molar refractivity (Wildman–Crippen MR) is 399 cm³/mol. The highest BCUT2D eigenvalue weighted by atomic mass is 31.2. The zero-order valence-corrected chi connectivity index (χ0v) is 62.7. The standard InChI is InChI=1S/C79H132O17P2/c1-5-9-13-17-21-25-29-32-34-35-36-37-39-41-45-48-52-56-60-64-77(82)90-70-75(96-79(84)66-62-58-54-50-46-42-38-33-30-26-22-18-14-10-6-2)72-94-98(87,88)92-68-73(80)67-91-97(85,86)93-71-74(95-78(83)65-61-57-53-49-43-28-24-20-16-12-8-4)69-89-76(81)63-59-55-51-47-44-40-31-27-23-19-15-11-7-3/h9-10,13-15,19,21-22,25-27,31-34,36-38,41,45,52,56,73-75,80H,5-8,11-12,16-18,20,23-24,28-30,35,39-40,42-44,46-51,53-55,57-72H2,1-4H3,(H,85,86)(H,87,88)/b13-9-,14-10-,19-15-,25-21-,26-22-,31-27-,34-32-,37-36-,38-33-,45-41-,56-52-. The van der Waals surface area contributed by atoms with E-state index in [0.717, 1.165) is 161 Å². The van der Waals surface area contributed by atoms with Crippen molar-refractivity contribution in [2.24, 2.45) is 0 Å². The average Bonchev–Trinajstić information content (AvgIpc) is 0.992. The van der Waals surface area contributed by atoms with Crippen molar-refractivity contribution >= 4 is 39.5 Å². The highest BCUT2D eigenvalue weighted by Gasteiger charge is 2.30. The molecule has 0 radical (unpaired) electrons. The third-order valence-electron chi connectivity index (χ3n) is 15.1. The van der Waals surface area contributed by atoms with Crippen molar-refractivity contribution in [2.45, 2.75) is 303 Å². The Bertz CT molecular complexity index is 2380. The second-order valence-corrected chi connectivity index (χ2v) is 27.4. The first-order valence-electron chi connectivity index (χ1n) is 37.4. The van der Waals surface area contributed by atoms with E-state index in [4.69, 9.17) is 37.0 Å². The van der Waals surface area contributed by atoms with Gasteiger partial charge in [0.15, 0.2) is 12.2 Å². The van der Waals surface area contributed by atoms with Gasteiger partial charge in [0.05, 0.1) is 26.4 Å². The van der Waals surface area contributed by atoms with E-state index in [2.05, 4.69) is 143 Å². The molecule has 0 aliphatic carbocycles. The predicted octanol–water partition coefficient (Wildman–Crippen LogP) is 21.3. The lowest BCUT2D eigenvalue weighted by molar-refractivity contribution is -0.161. The van der Waals surface area contributed by atoms with Gasteiger partial charge in [-0.1, -0.05) is 271 Å². The minimum absolute atomic E-state index is 0.0289. The van der Waals surface area contributed by atoms with Gasteiger partial charge in [0.25, 0.3) is 0 Å². The van der Waals surface area contributed by atoms with Gasteiger partial charge in [0.1, 0.15) is 19.3 Å². The summed E-state index contributed by atoms with van der Waals surface area (Å²) >= 11 is 0. The molecule has 3 N–H and O–H groups in total. The van der Waals surface area contributed by atoms with Gasteiger partial charge in [-0.25, -0.2) is 9.13 Å². The quantitative estimate of drug-likeness (QED) is 0.0169. The SMILES string of the molecule is CC/C=C\C/C=C\C/C=C\C/C=C\C/C=C\C/C=C\CCC(=O)OCC(COP(=O)(O)OCC(O)COP(=O)(O)OCC(COC(=O)CCCCCCC/C=C\C/C=C\CCC)OC(=O)CCCCCCCCCCCCC)OC(=O)CCCCCCC/C=C\C/C=C\C/C=C\CC. The molecule has 0 aliphatic heterocycles. The smallest absolute Gasteiger partial charge is 0.462 e. The van der Waals surface area contributed by atoms with Crippen LogP contribution in [0, 0.1) is 0 Å². The molecule has 0 heterocycles. The molecular weight excluding hydrogens is 1280 g/mol. The van der Waals surface area contributed by atoms with Crippen LogP contribution in [0.3, 0.4) is 0 Å². The molecule has 0 spiro atoms. The first-order chi connectivity index (χ1) is 47.7. The normalized spacial score (nSPS) is 14.7. The zero-order chi connectivity index (χ0) is 71.8. The van der Waals surface area contributed by atoms with Crippen LogP contribution in [-0.2, 0) is 65.4 Å². The van der Waals surface area contributed by atoms with Crippen LogP contribution in [0.15, 0.2) is 134 Å². The third kappa shape index (κ3) is 69.7. The minimum atomic E-state index is -5.00. The summed E-state index contributed by atoms with van der Waals surface area (Å²) in [6.07, 6.45) is 77.5. The van der Waals surface area contributed by atoms with E-state index in [0.29, 0.717) is 32.1 Å². The van der Waals surface area contributed by atoms with Gasteiger partial charge < -0.3 is 33.8 Å². The fourth-order valence-electron chi connectivity index (χ4n) is 9.47. The Hall–Kier alpha value is -4.80. The lowest BCUT2D eigenvalue weighted by atomic mass is 10.1. The molecule has 5 atom stereocenters. The Morgan fingerprint density at radius 2 is 0.571 bits per heavy atom. The molecule has 98 heavy (non-hydrogen) atoms. The summed E-state index contributed by atoms with van der Waals surface area (Å²) in [6.45, 7) is 4.44. The number of phosphoric acid groups is 2. The summed E-state index contributed by atoms with van der Waals surface area (Å²) in [6, 6.07) is 0. The Kier molecular flexibility index (Phi) is 67.2. The lowest BCUT2D eigenvalue weighted by Crippen LogP contribution is -2.30. The van der Waals surface area contributed by atoms with Crippen molar-refractivity contribution in [3.8, 4) is 0 Å². The molecule has 0 rings (SSSR count). The molecule has 19 heteroatoms. The molecule has 0 aliphatic rings. The van der Waals surface area contributed by atoms with Crippen molar-refractivity contribution in [2.75, 3.05) is 39.6 Å². The van der Waals surface area contributed by atoms with Crippen molar-refractivity contribution in [1.82, 2.24) is 0 Å². The molecule has 0 saturated carbocycles. The topological polar surface area (TPSA) is 237 Å². The molecule has 0 fully saturated rings. The number of aliphatic hydroxyl groups is 1.